The number of carbonyl (C=O) groups excluding carboxylic acids is 2. The fraction of sp³-hybridized carbons (Fsp3) is 0.800. The number of nitrogens with one attached hydrogen (secondary N) is 1. The van der Waals surface area contributed by atoms with Crippen molar-refractivity contribution in [3.05, 3.63) is 0 Å². The topological polar surface area (TPSA) is 46.2 Å². The second kappa shape index (κ2) is 3.25. The molecular formula is C10H13F2NO2. The molecule has 1 spiro atoms. The molecule has 0 radical (unpaired) electrons. The molecule has 1 amide bonds. The Bertz CT molecular complexity index is 317. The second-order valence-corrected chi connectivity index (χ2v) is 4.56. The summed E-state index contributed by atoms with van der Waals surface area (Å²) in [5.41, 5.74) is -1.13. The minimum atomic E-state index is -2.80. The molecule has 1 aliphatic carbocycles. The molecule has 0 bridgehead atoms. The number of carbonyl (C=O) groups is 2. The lowest BCUT2D eigenvalue weighted by atomic mass is 9.67. The van der Waals surface area contributed by atoms with Crippen molar-refractivity contribution in [3.63, 3.8) is 0 Å². The first-order valence-electron chi connectivity index (χ1n) is 5.11. The molecule has 2 aliphatic rings. The van der Waals surface area contributed by atoms with Gasteiger partial charge in [0.15, 0.2) is 5.78 Å². The monoisotopic (exact) mass is 217 g/mol. The zero-order valence-electron chi connectivity index (χ0n) is 8.32. The number of halogens is 2. The van der Waals surface area contributed by atoms with Crippen LogP contribution in [0, 0.1) is 5.41 Å². The van der Waals surface area contributed by atoms with Gasteiger partial charge in [0.2, 0.25) is 11.8 Å². The van der Waals surface area contributed by atoms with Crippen LogP contribution in [0.3, 0.4) is 0 Å². The van der Waals surface area contributed by atoms with Crippen LogP contribution in [0.1, 0.15) is 32.1 Å². The van der Waals surface area contributed by atoms with Gasteiger partial charge in [0.1, 0.15) is 0 Å². The van der Waals surface area contributed by atoms with Gasteiger partial charge < -0.3 is 5.32 Å². The van der Waals surface area contributed by atoms with E-state index < -0.39 is 17.8 Å². The third kappa shape index (κ3) is 1.87. The average Bonchev–Trinajstić information content (AvgIpc) is 2.10. The predicted octanol–water partition coefficient (Wildman–Crippen LogP) is 1.27. The number of amides is 1. The van der Waals surface area contributed by atoms with Gasteiger partial charge in [-0.3, -0.25) is 9.59 Å². The normalized spacial score (nSPS) is 35.3. The van der Waals surface area contributed by atoms with Gasteiger partial charge in [-0.1, -0.05) is 0 Å². The van der Waals surface area contributed by atoms with Crippen molar-refractivity contribution in [1.82, 2.24) is 5.32 Å². The van der Waals surface area contributed by atoms with Gasteiger partial charge in [-0.15, -0.1) is 0 Å². The van der Waals surface area contributed by atoms with Crippen molar-refractivity contribution in [2.45, 2.75) is 38.0 Å². The molecule has 0 aromatic heterocycles. The molecular weight excluding hydrogens is 204 g/mol. The number of hydrogen-bond acceptors (Lipinski definition) is 2. The Hall–Kier alpha value is -1.00. The van der Waals surface area contributed by atoms with E-state index in [1.807, 2.05) is 0 Å². The standard InChI is InChI=1S/C10H13F2NO2/c11-10(12)3-1-2-9(6-10)4-7(14)5-13-8(9)15/h1-6H2,(H,13,15). The maximum absolute atomic E-state index is 13.2. The Morgan fingerprint density at radius 3 is 2.60 bits per heavy atom. The lowest BCUT2D eigenvalue weighted by molar-refractivity contribution is -0.153. The molecule has 3 nitrogen and oxygen atoms in total. The molecule has 1 saturated heterocycles. The van der Waals surface area contributed by atoms with Crippen LogP contribution < -0.4 is 5.32 Å². The molecule has 2 fully saturated rings. The smallest absolute Gasteiger partial charge is 0.249 e. The largest absolute Gasteiger partial charge is 0.349 e. The first-order valence-corrected chi connectivity index (χ1v) is 5.11. The molecule has 0 aromatic rings. The number of hydrogen-bond donors (Lipinski definition) is 1. The van der Waals surface area contributed by atoms with Gasteiger partial charge in [0, 0.05) is 19.3 Å². The van der Waals surface area contributed by atoms with E-state index in [0.29, 0.717) is 12.8 Å². The van der Waals surface area contributed by atoms with Crippen molar-refractivity contribution in [2.75, 3.05) is 6.54 Å². The number of ketones is 1. The predicted molar refractivity (Wildman–Crippen MR) is 48.5 cm³/mol. The van der Waals surface area contributed by atoms with Crippen LogP contribution in [-0.2, 0) is 9.59 Å². The second-order valence-electron chi connectivity index (χ2n) is 4.56. The molecule has 1 heterocycles. The fourth-order valence-corrected chi connectivity index (χ4v) is 2.59. The minimum absolute atomic E-state index is 0.00778. The third-order valence-corrected chi connectivity index (χ3v) is 3.26. The molecule has 84 valence electrons. The van der Waals surface area contributed by atoms with Crippen LogP contribution in [0.25, 0.3) is 0 Å². The van der Waals surface area contributed by atoms with E-state index in [2.05, 4.69) is 5.32 Å². The fourth-order valence-electron chi connectivity index (χ4n) is 2.59. The van der Waals surface area contributed by atoms with Crippen LogP contribution in [0.5, 0.6) is 0 Å². The van der Waals surface area contributed by atoms with Crippen LogP contribution in [0.15, 0.2) is 0 Å². The summed E-state index contributed by atoms with van der Waals surface area (Å²) in [5.74, 6) is -3.32. The summed E-state index contributed by atoms with van der Waals surface area (Å²) in [6, 6.07) is 0. The Balaban J connectivity index is 2.23. The SMILES string of the molecule is O=C1CNC(=O)C2(CCCC(F)(F)C2)C1. The first-order chi connectivity index (χ1) is 6.94. The van der Waals surface area contributed by atoms with Crippen LogP contribution >= 0.6 is 0 Å². The highest BCUT2D eigenvalue weighted by molar-refractivity contribution is 5.96. The summed E-state index contributed by atoms with van der Waals surface area (Å²) in [4.78, 5) is 22.8. The molecule has 1 unspecified atom stereocenters. The Labute approximate surface area is 86.2 Å². The molecule has 1 N–H and O–H groups in total. The van der Waals surface area contributed by atoms with E-state index >= 15 is 0 Å². The van der Waals surface area contributed by atoms with E-state index in [1.165, 1.54) is 0 Å². The van der Waals surface area contributed by atoms with E-state index in [-0.39, 0.29) is 31.1 Å². The first kappa shape index (κ1) is 10.5. The average molecular weight is 217 g/mol. The molecule has 15 heavy (non-hydrogen) atoms. The minimum Gasteiger partial charge on any atom is -0.349 e. The summed E-state index contributed by atoms with van der Waals surface area (Å²) >= 11 is 0. The number of piperidine rings is 1. The van der Waals surface area contributed by atoms with E-state index in [9.17, 15) is 18.4 Å². The Morgan fingerprint density at radius 2 is 1.93 bits per heavy atom. The van der Waals surface area contributed by atoms with Crippen molar-refractivity contribution < 1.29 is 18.4 Å². The molecule has 1 aliphatic heterocycles. The Kier molecular flexibility index (Phi) is 2.28. The molecule has 5 heteroatoms. The highest BCUT2D eigenvalue weighted by Gasteiger charge is 2.52. The maximum atomic E-state index is 13.2. The lowest BCUT2D eigenvalue weighted by Crippen LogP contribution is -2.53. The molecule has 2 rings (SSSR count). The van der Waals surface area contributed by atoms with E-state index in [1.54, 1.807) is 0 Å². The zero-order chi connectivity index (χ0) is 11.1. The number of Topliss-reactive ketones (excluding diaryl/α,β-unsaturated/α-hetero) is 1. The van der Waals surface area contributed by atoms with Crippen molar-refractivity contribution >= 4 is 11.7 Å². The number of rotatable bonds is 0. The zero-order valence-corrected chi connectivity index (χ0v) is 8.32. The lowest BCUT2D eigenvalue weighted by Gasteiger charge is -2.41. The van der Waals surface area contributed by atoms with Gasteiger partial charge >= 0.3 is 0 Å². The van der Waals surface area contributed by atoms with Gasteiger partial charge in [0.25, 0.3) is 0 Å². The van der Waals surface area contributed by atoms with Gasteiger partial charge in [-0.2, -0.15) is 0 Å². The van der Waals surface area contributed by atoms with E-state index in [0.717, 1.165) is 0 Å². The Morgan fingerprint density at radius 1 is 1.20 bits per heavy atom. The molecule has 0 aromatic carbocycles. The maximum Gasteiger partial charge on any atom is 0.249 e. The molecule has 1 saturated carbocycles. The third-order valence-electron chi connectivity index (χ3n) is 3.26. The highest BCUT2D eigenvalue weighted by atomic mass is 19.3. The quantitative estimate of drug-likeness (QED) is 0.664. The van der Waals surface area contributed by atoms with Gasteiger partial charge in [0.05, 0.1) is 12.0 Å². The summed E-state index contributed by atoms with van der Waals surface area (Å²) in [6.07, 6.45) is 0.0517. The van der Waals surface area contributed by atoms with E-state index in [4.69, 9.17) is 0 Å². The summed E-state index contributed by atoms with van der Waals surface area (Å²) in [7, 11) is 0. The van der Waals surface area contributed by atoms with Crippen LogP contribution in [0.2, 0.25) is 0 Å². The van der Waals surface area contributed by atoms with Crippen molar-refractivity contribution in [3.8, 4) is 0 Å². The summed E-state index contributed by atoms with van der Waals surface area (Å²) in [5, 5.41) is 2.41. The summed E-state index contributed by atoms with van der Waals surface area (Å²) in [6.45, 7) is -0.00778. The highest BCUT2D eigenvalue weighted by Crippen LogP contribution is 2.47. The van der Waals surface area contributed by atoms with Gasteiger partial charge in [-0.05, 0) is 12.8 Å². The van der Waals surface area contributed by atoms with Crippen molar-refractivity contribution in [2.24, 2.45) is 5.41 Å². The summed E-state index contributed by atoms with van der Waals surface area (Å²) < 4.78 is 26.5. The molecule has 1 atom stereocenters. The number of alkyl halides is 2. The van der Waals surface area contributed by atoms with Crippen LogP contribution in [-0.4, -0.2) is 24.2 Å². The van der Waals surface area contributed by atoms with Crippen LogP contribution in [0.4, 0.5) is 8.78 Å². The van der Waals surface area contributed by atoms with Crippen molar-refractivity contribution in [1.29, 1.82) is 0 Å². The van der Waals surface area contributed by atoms with Gasteiger partial charge in [-0.25, -0.2) is 8.78 Å².